The van der Waals surface area contributed by atoms with E-state index in [1.807, 2.05) is 25.4 Å². The highest BCUT2D eigenvalue weighted by molar-refractivity contribution is 5.59. The molecule has 3 heteroatoms. The second kappa shape index (κ2) is 4.08. The van der Waals surface area contributed by atoms with E-state index in [0.29, 0.717) is 17.8 Å². The molecule has 1 aliphatic rings. The molecule has 0 fully saturated rings. The molecule has 16 heavy (non-hydrogen) atoms. The first kappa shape index (κ1) is 10.9. The van der Waals surface area contributed by atoms with E-state index in [-0.39, 0.29) is 0 Å². The Morgan fingerprint density at radius 1 is 1.38 bits per heavy atom. The van der Waals surface area contributed by atoms with Gasteiger partial charge in [0.15, 0.2) is 0 Å². The summed E-state index contributed by atoms with van der Waals surface area (Å²) in [5.74, 6) is 0.835. The molecule has 1 aliphatic heterocycles. The number of hydrogen-bond acceptors (Lipinski definition) is 3. The smallest absolute Gasteiger partial charge is 0.115 e. The van der Waals surface area contributed by atoms with Crippen molar-refractivity contribution in [1.82, 2.24) is 5.32 Å². The van der Waals surface area contributed by atoms with Crippen LogP contribution in [0.25, 0.3) is 0 Å². The summed E-state index contributed by atoms with van der Waals surface area (Å²) in [6.45, 7) is 6.39. The van der Waals surface area contributed by atoms with E-state index in [1.54, 1.807) is 12.1 Å². The van der Waals surface area contributed by atoms with E-state index >= 15 is 0 Å². The third-order valence-corrected chi connectivity index (χ3v) is 2.89. The van der Waals surface area contributed by atoms with Gasteiger partial charge in [-0.1, -0.05) is 13.8 Å². The molecule has 1 aromatic carbocycles. The van der Waals surface area contributed by atoms with Gasteiger partial charge in [0.05, 0.1) is 0 Å². The summed E-state index contributed by atoms with van der Waals surface area (Å²) in [7, 11) is 0. The van der Waals surface area contributed by atoms with Crippen LogP contribution in [0.2, 0.25) is 0 Å². The molecule has 0 saturated heterocycles. The molecule has 0 amide bonds. The molecule has 0 aromatic heterocycles. The van der Waals surface area contributed by atoms with Gasteiger partial charge in [-0.15, -0.1) is 0 Å². The molecule has 0 saturated carbocycles. The van der Waals surface area contributed by atoms with Crippen LogP contribution >= 0.6 is 0 Å². The van der Waals surface area contributed by atoms with Crippen LogP contribution in [-0.4, -0.2) is 11.3 Å². The van der Waals surface area contributed by atoms with Crippen LogP contribution < -0.4 is 10.2 Å². The number of hydrogen-bond donors (Lipinski definition) is 2. The lowest BCUT2D eigenvalue weighted by atomic mass is 10.1. The predicted molar refractivity (Wildman–Crippen MR) is 66.2 cm³/mol. The molecule has 0 aliphatic carbocycles. The van der Waals surface area contributed by atoms with Crippen LogP contribution in [0.4, 0.5) is 5.69 Å². The van der Waals surface area contributed by atoms with Crippen molar-refractivity contribution in [2.45, 2.75) is 26.9 Å². The largest absolute Gasteiger partial charge is 0.508 e. The van der Waals surface area contributed by atoms with Crippen molar-refractivity contribution in [2.24, 2.45) is 5.92 Å². The average Bonchev–Trinajstić information content (AvgIpc) is 2.66. The highest BCUT2D eigenvalue weighted by Crippen LogP contribution is 2.28. The Morgan fingerprint density at radius 3 is 2.75 bits per heavy atom. The highest BCUT2D eigenvalue weighted by Gasteiger charge is 2.23. The van der Waals surface area contributed by atoms with Crippen molar-refractivity contribution in [1.29, 1.82) is 0 Å². The Kier molecular flexibility index (Phi) is 2.77. The van der Waals surface area contributed by atoms with Gasteiger partial charge in [0.25, 0.3) is 0 Å². The van der Waals surface area contributed by atoms with Crippen LogP contribution in [0.15, 0.2) is 30.6 Å². The van der Waals surface area contributed by atoms with Gasteiger partial charge in [-0.25, -0.2) is 0 Å². The van der Waals surface area contributed by atoms with Crippen molar-refractivity contribution in [3.8, 4) is 5.75 Å². The summed E-state index contributed by atoms with van der Waals surface area (Å²) >= 11 is 0. The van der Waals surface area contributed by atoms with Crippen molar-refractivity contribution in [3.05, 3.63) is 36.2 Å². The van der Waals surface area contributed by atoms with Gasteiger partial charge < -0.3 is 15.3 Å². The number of anilines is 1. The summed E-state index contributed by atoms with van der Waals surface area (Å²) in [6, 6.07) is 5.47. The molecule has 2 N–H and O–H groups in total. The average molecular weight is 218 g/mol. The predicted octanol–water partition coefficient (Wildman–Crippen LogP) is 2.56. The Morgan fingerprint density at radius 2 is 2.12 bits per heavy atom. The number of nitrogens with zero attached hydrogens (tertiary/aromatic N) is 1. The minimum atomic E-state index is 0.295. The first-order valence-electron chi connectivity index (χ1n) is 5.60. The molecular weight excluding hydrogens is 200 g/mol. The summed E-state index contributed by atoms with van der Waals surface area (Å²) in [6.07, 6.45) is 4.31. The normalized spacial score (nSPS) is 19.2. The zero-order valence-corrected chi connectivity index (χ0v) is 9.94. The topological polar surface area (TPSA) is 35.5 Å². The first-order chi connectivity index (χ1) is 7.59. The van der Waals surface area contributed by atoms with Crippen LogP contribution in [0.3, 0.4) is 0 Å². The lowest BCUT2D eigenvalue weighted by Crippen LogP contribution is -2.40. The quantitative estimate of drug-likeness (QED) is 0.800. The zero-order valence-electron chi connectivity index (χ0n) is 9.94. The van der Waals surface area contributed by atoms with E-state index in [2.05, 4.69) is 24.1 Å². The maximum Gasteiger partial charge on any atom is 0.115 e. The summed E-state index contributed by atoms with van der Waals surface area (Å²) in [5, 5.41) is 12.7. The van der Waals surface area contributed by atoms with Gasteiger partial charge in [0, 0.05) is 18.1 Å². The lowest BCUT2D eigenvalue weighted by Gasteiger charge is -2.29. The molecular formula is C13H18N2O. The van der Waals surface area contributed by atoms with Gasteiger partial charge in [-0.05, 0) is 36.6 Å². The fraction of sp³-hybridized carbons (Fsp3) is 0.385. The second-order valence-corrected chi connectivity index (χ2v) is 4.55. The van der Waals surface area contributed by atoms with Crippen molar-refractivity contribution in [2.75, 3.05) is 4.90 Å². The molecule has 0 radical (unpaired) electrons. The van der Waals surface area contributed by atoms with Crippen LogP contribution in [0.5, 0.6) is 5.75 Å². The minimum Gasteiger partial charge on any atom is -0.508 e. The zero-order chi connectivity index (χ0) is 11.7. The summed E-state index contributed by atoms with van der Waals surface area (Å²) < 4.78 is 0. The maximum absolute atomic E-state index is 9.40. The highest BCUT2D eigenvalue weighted by atomic mass is 16.3. The molecule has 0 spiro atoms. The third-order valence-electron chi connectivity index (χ3n) is 2.89. The SMILES string of the molecule is Cc1cc(O)ccc1N1C=CNC1C(C)C. The number of aromatic hydroxyl groups is 1. The van der Waals surface area contributed by atoms with Crippen molar-refractivity contribution >= 4 is 5.69 Å². The van der Waals surface area contributed by atoms with Crippen LogP contribution in [-0.2, 0) is 0 Å². The number of phenols is 1. The third kappa shape index (κ3) is 1.85. The minimum absolute atomic E-state index is 0.295. The first-order valence-corrected chi connectivity index (χ1v) is 5.60. The Hall–Kier alpha value is -1.64. The Balaban J connectivity index is 2.33. The molecule has 86 valence electrons. The standard InChI is InChI=1S/C13H18N2O/c1-9(2)13-14-6-7-15(13)12-5-4-11(16)8-10(12)3/h4-9,13-14,16H,1-3H3. The molecule has 1 atom stereocenters. The Bertz CT molecular complexity index is 412. The van der Waals surface area contributed by atoms with Crippen molar-refractivity contribution in [3.63, 3.8) is 0 Å². The number of rotatable bonds is 2. The number of nitrogens with one attached hydrogen (secondary N) is 1. The fourth-order valence-electron chi connectivity index (χ4n) is 2.07. The van der Waals surface area contributed by atoms with E-state index in [1.165, 1.54) is 0 Å². The van der Waals surface area contributed by atoms with Gasteiger partial charge in [-0.2, -0.15) is 0 Å². The molecule has 2 rings (SSSR count). The van der Waals surface area contributed by atoms with E-state index in [4.69, 9.17) is 0 Å². The molecule has 3 nitrogen and oxygen atoms in total. The van der Waals surface area contributed by atoms with Gasteiger partial charge in [0.1, 0.15) is 11.9 Å². The molecule has 1 aromatic rings. The van der Waals surface area contributed by atoms with Gasteiger partial charge in [-0.3, -0.25) is 0 Å². The molecule has 1 unspecified atom stereocenters. The van der Waals surface area contributed by atoms with Crippen molar-refractivity contribution < 1.29 is 5.11 Å². The summed E-state index contributed by atoms with van der Waals surface area (Å²) in [4.78, 5) is 2.21. The van der Waals surface area contributed by atoms with Crippen LogP contribution in [0.1, 0.15) is 19.4 Å². The van der Waals surface area contributed by atoms with E-state index < -0.39 is 0 Å². The number of aryl methyl sites for hydroxylation is 1. The van der Waals surface area contributed by atoms with Gasteiger partial charge >= 0.3 is 0 Å². The lowest BCUT2D eigenvalue weighted by molar-refractivity contribution is 0.461. The monoisotopic (exact) mass is 218 g/mol. The number of benzene rings is 1. The van der Waals surface area contributed by atoms with E-state index in [9.17, 15) is 5.11 Å². The Labute approximate surface area is 96.4 Å². The summed E-state index contributed by atoms with van der Waals surface area (Å²) in [5.41, 5.74) is 2.22. The van der Waals surface area contributed by atoms with Gasteiger partial charge in [0.2, 0.25) is 0 Å². The fourth-order valence-corrected chi connectivity index (χ4v) is 2.07. The van der Waals surface area contributed by atoms with E-state index in [0.717, 1.165) is 11.3 Å². The molecule has 0 bridgehead atoms. The second-order valence-electron chi connectivity index (χ2n) is 4.55. The molecule has 1 heterocycles. The van der Waals surface area contributed by atoms with Crippen LogP contribution in [0, 0.1) is 12.8 Å². The maximum atomic E-state index is 9.40. The number of phenolic OH excluding ortho intramolecular Hbond substituents is 1.